The molecule has 0 unspecified atom stereocenters. The van der Waals surface area contributed by atoms with Crippen LogP contribution < -0.4 is 15.4 Å². The van der Waals surface area contributed by atoms with Gasteiger partial charge in [0.2, 0.25) is 0 Å². The van der Waals surface area contributed by atoms with Crippen LogP contribution in [0.15, 0.2) is 66.9 Å². The van der Waals surface area contributed by atoms with Gasteiger partial charge >= 0.3 is 5.97 Å². The van der Waals surface area contributed by atoms with E-state index in [1.165, 1.54) is 6.20 Å². The quantitative estimate of drug-likeness (QED) is 0.585. The van der Waals surface area contributed by atoms with Gasteiger partial charge in [-0.25, -0.2) is 9.78 Å². The summed E-state index contributed by atoms with van der Waals surface area (Å²) in [7, 11) is 1.58. The number of esters is 1. The molecule has 1 amide bonds. The topological polar surface area (TPSA) is 89.5 Å². The fourth-order valence-electron chi connectivity index (χ4n) is 2.70. The Morgan fingerprint density at radius 3 is 2.48 bits per heavy atom. The van der Waals surface area contributed by atoms with Crippen molar-refractivity contribution in [2.24, 2.45) is 0 Å². The lowest BCUT2D eigenvalue weighted by Gasteiger charge is -2.12. The molecular weight excluding hydrogens is 370 g/mol. The minimum absolute atomic E-state index is 0.253. The van der Waals surface area contributed by atoms with Crippen LogP contribution in [0.2, 0.25) is 0 Å². The normalized spacial score (nSPS) is 10.1. The van der Waals surface area contributed by atoms with Crippen molar-refractivity contribution in [1.82, 2.24) is 4.98 Å². The molecule has 0 saturated carbocycles. The van der Waals surface area contributed by atoms with Gasteiger partial charge in [0.15, 0.2) is 0 Å². The van der Waals surface area contributed by atoms with Gasteiger partial charge < -0.3 is 20.1 Å². The Bertz CT molecular complexity index is 1020. The Morgan fingerprint density at radius 2 is 1.72 bits per heavy atom. The Hall–Kier alpha value is -3.87. The molecule has 0 atom stereocenters. The lowest BCUT2D eigenvalue weighted by Crippen LogP contribution is -2.16. The zero-order valence-corrected chi connectivity index (χ0v) is 16.1. The number of nitrogens with zero attached hydrogens (tertiary/aromatic N) is 1. The molecule has 148 valence electrons. The Labute approximate surface area is 168 Å². The molecule has 1 aromatic heterocycles. The summed E-state index contributed by atoms with van der Waals surface area (Å²) >= 11 is 0. The van der Waals surface area contributed by atoms with E-state index in [9.17, 15) is 9.59 Å². The SMILES string of the molecule is CCOC(=O)c1ccccc1NC(=O)c1ccnc(Nc2ccccc2OC)c1. The first kappa shape index (κ1) is 19.9. The molecule has 3 aromatic rings. The molecule has 29 heavy (non-hydrogen) atoms. The summed E-state index contributed by atoms with van der Waals surface area (Å²) in [5, 5.41) is 5.90. The van der Waals surface area contributed by atoms with E-state index in [-0.39, 0.29) is 12.5 Å². The molecule has 0 aliphatic carbocycles. The average molecular weight is 391 g/mol. The molecule has 0 radical (unpaired) electrons. The Kier molecular flexibility index (Phi) is 6.42. The van der Waals surface area contributed by atoms with Crippen molar-refractivity contribution < 1.29 is 19.1 Å². The predicted octanol–water partition coefficient (Wildman–Crippen LogP) is 4.26. The number of nitrogens with one attached hydrogen (secondary N) is 2. The molecule has 7 nitrogen and oxygen atoms in total. The van der Waals surface area contributed by atoms with Crippen molar-refractivity contribution in [3.05, 3.63) is 78.0 Å². The third-order valence-electron chi connectivity index (χ3n) is 4.06. The molecule has 3 rings (SSSR count). The maximum absolute atomic E-state index is 12.7. The first-order valence-electron chi connectivity index (χ1n) is 9.06. The minimum Gasteiger partial charge on any atom is -0.495 e. The summed E-state index contributed by atoms with van der Waals surface area (Å²) in [5.41, 5.74) is 1.79. The predicted molar refractivity (Wildman–Crippen MR) is 111 cm³/mol. The maximum atomic E-state index is 12.7. The average Bonchev–Trinajstić information content (AvgIpc) is 2.75. The summed E-state index contributed by atoms with van der Waals surface area (Å²) < 4.78 is 10.4. The van der Waals surface area contributed by atoms with Crippen LogP contribution in [0, 0.1) is 0 Å². The van der Waals surface area contributed by atoms with Crippen LogP contribution in [0.3, 0.4) is 0 Å². The van der Waals surface area contributed by atoms with Gasteiger partial charge in [0.1, 0.15) is 11.6 Å². The molecule has 2 N–H and O–H groups in total. The summed E-state index contributed by atoms with van der Waals surface area (Å²) in [6, 6.07) is 17.3. The Balaban J connectivity index is 1.79. The van der Waals surface area contributed by atoms with Crippen LogP contribution in [-0.4, -0.2) is 30.6 Å². The second-order valence-electron chi connectivity index (χ2n) is 5.98. The first-order valence-corrected chi connectivity index (χ1v) is 9.06. The number of carbonyl (C=O) groups excluding carboxylic acids is 2. The number of ether oxygens (including phenoxy) is 2. The van der Waals surface area contributed by atoms with Crippen LogP contribution in [0.25, 0.3) is 0 Å². The summed E-state index contributed by atoms with van der Waals surface area (Å²) in [6.07, 6.45) is 1.53. The Morgan fingerprint density at radius 1 is 1.00 bits per heavy atom. The van der Waals surface area contributed by atoms with Gasteiger partial charge in [-0.15, -0.1) is 0 Å². The number of anilines is 3. The van der Waals surface area contributed by atoms with Crippen molar-refractivity contribution >= 4 is 29.1 Å². The highest BCUT2D eigenvalue weighted by molar-refractivity contribution is 6.08. The number of benzene rings is 2. The molecule has 0 saturated heterocycles. The highest BCUT2D eigenvalue weighted by Gasteiger charge is 2.15. The molecule has 0 spiro atoms. The molecule has 0 bridgehead atoms. The zero-order valence-electron chi connectivity index (χ0n) is 16.1. The van der Waals surface area contributed by atoms with Gasteiger partial charge in [-0.1, -0.05) is 24.3 Å². The number of methoxy groups -OCH3 is 1. The van der Waals surface area contributed by atoms with Gasteiger partial charge in [-0.2, -0.15) is 0 Å². The molecule has 0 aliphatic heterocycles. The third-order valence-corrected chi connectivity index (χ3v) is 4.06. The third kappa shape index (κ3) is 4.90. The van der Waals surface area contributed by atoms with Crippen molar-refractivity contribution in [3.63, 3.8) is 0 Å². The smallest absolute Gasteiger partial charge is 0.340 e. The van der Waals surface area contributed by atoms with Gasteiger partial charge in [0.05, 0.1) is 30.7 Å². The molecule has 1 heterocycles. The summed E-state index contributed by atoms with van der Waals surface area (Å²) in [5.74, 6) is 0.289. The summed E-state index contributed by atoms with van der Waals surface area (Å²) in [6.45, 7) is 1.98. The number of pyridine rings is 1. The van der Waals surface area contributed by atoms with Crippen LogP contribution in [0.4, 0.5) is 17.2 Å². The fraction of sp³-hybridized carbons (Fsp3) is 0.136. The van der Waals surface area contributed by atoms with Crippen molar-refractivity contribution in [2.75, 3.05) is 24.4 Å². The number of hydrogen-bond acceptors (Lipinski definition) is 6. The van der Waals surface area contributed by atoms with E-state index >= 15 is 0 Å². The van der Waals surface area contributed by atoms with E-state index in [0.29, 0.717) is 28.4 Å². The lowest BCUT2D eigenvalue weighted by molar-refractivity contribution is 0.0527. The van der Waals surface area contributed by atoms with Gasteiger partial charge in [-0.3, -0.25) is 4.79 Å². The van der Waals surface area contributed by atoms with Crippen LogP contribution in [0.5, 0.6) is 5.75 Å². The zero-order chi connectivity index (χ0) is 20.6. The van der Waals surface area contributed by atoms with E-state index in [1.54, 1.807) is 50.4 Å². The molecule has 7 heteroatoms. The second kappa shape index (κ2) is 9.36. The van der Waals surface area contributed by atoms with E-state index in [2.05, 4.69) is 15.6 Å². The maximum Gasteiger partial charge on any atom is 0.340 e. The monoisotopic (exact) mass is 391 g/mol. The van der Waals surface area contributed by atoms with Crippen molar-refractivity contribution in [1.29, 1.82) is 0 Å². The number of aromatic nitrogens is 1. The largest absolute Gasteiger partial charge is 0.495 e. The number of para-hydroxylation sites is 3. The first-order chi connectivity index (χ1) is 14.1. The van der Waals surface area contributed by atoms with Crippen LogP contribution in [-0.2, 0) is 4.74 Å². The van der Waals surface area contributed by atoms with Crippen molar-refractivity contribution in [2.45, 2.75) is 6.92 Å². The molecular formula is C22H21N3O4. The lowest BCUT2D eigenvalue weighted by atomic mass is 10.1. The minimum atomic E-state index is -0.489. The standard InChI is InChI=1S/C22H21N3O4/c1-3-29-22(27)16-8-4-5-9-17(16)25-21(26)15-12-13-23-20(14-15)24-18-10-6-7-11-19(18)28-2/h4-14H,3H2,1-2H3,(H,23,24)(H,25,26). The number of amides is 1. The van der Waals surface area contributed by atoms with Crippen molar-refractivity contribution in [3.8, 4) is 5.75 Å². The van der Waals surface area contributed by atoms with E-state index in [4.69, 9.17) is 9.47 Å². The van der Waals surface area contributed by atoms with E-state index < -0.39 is 5.97 Å². The number of rotatable bonds is 7. The van der Waals surface area contributed by atoms with Gasteiger partial charge in [0.25, 0.3) is 5.91 Å². The molecule has 0 fully saturated rings. The highest BCUT2D eigenvalue weighted by Crippen LogP contribution is 2.26. The van der Waals surface area contributed by atoms with Crippen LogP contribution >= 0.6 is 0 Å². The highest BCUT2D eigenvalue weighted by atomic mass is 16.5. The molecule has 2 aromatic carbocycles. The van der Waals surface area contributed by atoms with E-state index in [0.717, 1.165) is 5.69 Å². The van der Waals surface area contributed by atoms with Gasteiger partial charge in [-0.05, 0) is 43.3 Å². The second-order valence-corrected chi connectivity index (χ2v) is 5.98. The fourth-order valence-corrected chi connectivity index (χ4v) is 2.70. The number of hydrogen-bond donors (Lipinski definition) is 2. The van der Waals surface area contributed by atoms with Crippen LogP contribution in [0.1, 0.15) is 27.6 Å². The summed E-state index contributed by atoms with van der Waals surface area (Å²) in [4.78, 5) is 29.1. The molecule has 0 aliphatic rings. The van der Waals surface area contributed by atoms with E-state index in [1.807, 2.05) is 24.3 Å². The van der Waals surface area contributed by atoms with Gasteiger partial charge in [0, 0.05) is 11.8 Å². The number of carbonyl (C=O) groups is 2.